The first kappa shape index (κ1) is 10.3. The molecule has 0 bridgehead atoms. The van der Waals surface area contributed by atoms with Gasteiger partial charge in [-0.25, -0.2) is 0 Å². The molecule has 4 nitrogen and oxygen atoms in total. The Labute approximate surface area is 87.2 Å². The van der Waals surface area contributed by atoms with Crippen LogP contribution in [0.15, 0.2) is 0 Å². The highest BCUT2D eigenvalue weighted by Gasteiger charge is 2.27. The number of hydrogen-bond donors (Lipinski definition) is 4. The second kappa shape index (κ2) is 3.12. The second-order valence-electron chi connectivity index (χ2n) is 4.10. The fourth-order valence-corrected chi connectivity index (χ4v) is 2.06. The molecule has 2 unspecified atom stereocenters. The van der Waals surface area contributed by atoms with Gasteiger partial charge in [0.2, 0.25) is 0 Å². The molecule has 0 aliphatic heterocycles. The van der Waals surface area contributed by atoms with Crippen LogP contribution in [0.4, 0.5) is 0 Å². The highest BCUT2D eigenvalue weighted by molar-refractivity contribution is 5.64. The average Bonchev–Trinajstić information content (AvgIpc) is 2.50. The maximum atomic E-state index is 9.82. The molecule has 1 aromatic rings. The summed E-state index contributed by atoms with van der Waals surface area (Å²) in [5, 5.41) is 30.7. The molecule has 0 radical (unpaired) electrons. The normalized spacial score (nSPS) is 25.7. The average molecular weight is 209 g/mol. The number of nitrogens with one attached hydrogen (secondary N) is 1. The van der Waals surface area contributed by atoms with Crippen LogP contribution in [-0.2, 0) is 0 Å². The number of rotatable bonds is 0. The van der Waals surface area contributed by atoms with Crippen molar-refractivity contribution in [2.45, 2.75) is 33.0 Å². The molecule has 82 valence electrons. The first-order valence-electron chi connectivity index (χ1n) is 4.90. The van der Waals surface area contributed by atoms with Crippen molar-refractivity contribution in [3.8, 4) is 5.75 Å². The molecule has 4 heteroatoms. The molecule has 0 saturated heterocycles. The van der Waals surface area contributed by atoms with Crippen molar-refractivity contribution < 1.29 is 15.3 Å². The van der Waals surface area contributed by atoms with Crippen LogP contribution < -0.4 is 10.6 Å². The standard InChI is InChI=1S/C11H15NO3/c1-4-7-8(12-6(3)11(7)15)5(2)10(14)9(4)13/h9-10,12-15H,1-3H3. The Bertz CT molecular complexity index is 527. The van der Waals surface area contributed by atoms with Crippen LogP contribution in [0.5, 0.6) is 5.75 Å². The second-order valence-corrected chi connectivity index (χ2v) is 4.10. The fourth-order valence-electron chi connectivity index (χ4n) is 2.06. The quantitative estimate of drug-likeness (QED) is 0.447. The lowest BCUT2D eigenvalue weighted by Gasteiger charge is -2.22. The van der Waals surface area contributed by atoms with Crippen molar-refractivity contribution in [2.75, 3.05) is 0 Å². The number of aromatic nitrogens is 1. The zero-order chi connectivity index (χ0) is 11.3. The first-order valence-corrected chi connectivity index (χ1v) is 4.90. The third-order valence-electron chi connectivity index (χ3n) is 3.13. The lowest BCUT2D eigenvalue weighted by molar-refractivity contribution is 0.0891. The number of aryl methyl sites for hydroxylation is 1. The number of aromatic hydroxyl groups is 1. The highest BCUT2D eigenvalue weighted by atomic mass is 16.3. The zero-order valence-corrected chi connectivity index (χ0v) is 9.00. The van der Waals surface area contributed by atoms with E-state index >= 15 is 0 Å². The predicted octanol–water partition coefficient (Wildman–Crippen LogP) is -0.895. The van der Waals surface area contributed by atoms with Gasteiger partial charge >= 0.3 is 0 Å². The van der Waals surface area contributed by atoms with Gasteiger partial charge in [0, 0.05) is 5.22 Å². The summed E-state index contributed by atoms with van der Waals surface area (Å²) in [5.41, 5.74) is 1.91. The first-order chi connectivity index (χ1) is 6.95. The van der Waals surface area contributed by atoms with Crippen LogP contribution in [0.1, 0.15) is 19.5 Å². The van der Waals surface area contributed by atoms with Crippen molar-refractivity contribution in [2.24, 2.45) is 0 Å². The minimum atomic E-state index is -0.932. The number of hydrogen-bond acceptors (Lipinski definition) is 3. The molecule has 0 aromatic carbocycles. The van der Waals surface area contributed by atoms with E-state index in [0.717, 1.165) is 5.35 Å². The van der Waals surface area contributed by atoms with Gasteiger partial charge in [-0.3, -0.25) is 0 Å². The number of aliphatic hydroxyl groups excluding tert-OH is 2. The minimum Gasteiger partial charge on any atom is -0.505 e. The van der Waals surface area contributed by atoms with E-state index in [1.807, 2.05) is 0 Å². The Kier molecular flexibility index (Phi) is 2.13. The summed E-state index contributed by atoms with van der Waals surface area (Å²) < 4.78 is 0. The van der Waals surface area contributed by atoms with Crippen molar-refractivity contribution in [1.29, 1.82) is 0 Å². The largest absolute Gasteiger partial charge is 0.505 e. The molecule has 2 atom stereocenters. The summed E-state index contributed by atoms with van der Waals surface area (Å²) >= 11 is 0. The van der Waals surface area contributed by atoms with Gasteiger partial charge in [-0.2, -0.15) is 0 Å². The molecular weight excluding hydrogens is 194 g/mol. The summed E-state index contributed by atoms with van der Waals surface area (Å²) in [6.07, 6.45) is -1.83. The van der Waals surface area contributed by atoms with Gasteiger partial charge in [-0.1, -0.05) is 0 Å². The van der Waals surface area contributed by atoms with E-state index in [-0.39, 0.29) is 5.75 Å². The number of aromatic amines is 1. The maximum absolute atomic E-state index is 9.82. The van der Waals surface area contributed by atoms with Crippen molar-refractivity contribution in [3.05, 3.63) is 16.3 Å². The van der Waals surface area contributed by atoms with E-state index in [4.69, 9.17) is 0 Å². The van der Waals surface area contributed by atoms with E-state index < -0.39 is 12.2 Å². The summed E-state index contributed by atoms with van der Waals surface area (Å²) in [6, 6.07) is 0. The highest BCUT2D eigenvalue weighted by Crippen LogP contribution is 2.18. The Morgan fingerprint density at radius 3 is 2.13 bits per heavy atom. The van der Waals surface area contributed by atoms with Crippen LogP contribution >= 0.6 is 0 Å². The van der Waals surface area contributed by atoms with Gasteiger partial charge < -0.3 is 20.3 Å². The lowest BCUT2D eigenvalue weighted by Crippen LogP contribution is -2.43. The summed E-state index contributed by atoms with van der Waals surface area (Å²) in [6.45, 7) is 5.22. The molecule has 2 rings (SSSR count). The van der Waals surface area contributed by atoms with E-state index in [0.29, 0.717) is 22.1 Å². The van der Waals surface area contributed by atoms with E-state index in [2.05, 4.69) is 4.98 Å². The van der Waals surface area contributed by atoms with Gasteiger partial charge in [0.15, 0.2) is 0 Å². The molecular formula is C11H15NO3. The monoisotopic (exact) mass is 209 g/mol. The fraction of sp³-hybridized carbons (Fsp3) is 0.455. The van der Waals surface area contributed by atoms with Gasteiger partial charge in [0.05, 0.1) is 11.0 Å². The number of H-pyrrole nitrogens is 1. The Hall–Kier alpha value is -1.26. The van der Waals surface area contributed by atoms with E-state index in [1.54, 1.807) is 20.8 Å². The predicted molar refractivity (Wildman–Crippen MR) is 56.6 cm³/mol. The lowest BCUT2D eigenvalue weighted by atomic mass is 9.93. The summed E-state index contributed by atoms with van der Waals surface area (Å²) in [5.74, 6) is 0.160. The van der Waals surface area contributed by atoms with Crippen LogP contribution in [0.3, 0.4) is 0 Å². The molecule has 0 saturated carbocycles. The zero-order valence-electron chi connectivity index (χ0n) is 9.00. The Morgan fingerprint density at radius 1 is 1.00 bits per heavy atom. The third kappa shape index (κ3) is 1.22. The van der Waals surface area contributed by atoms with E-state index in [9.17, 15) is 15.3 Å². The van der Waals surface area contributed by atoms with Gasteiger partial charge in [-0.05, 0) is 31.9 Å². The molecule has 1 aromatic heterocycles. The van der Waals surface area contributed by atoms with Crippen molar-refractivity contribution in [3.63, 3.8) is 0 Å². The molecule has 15 heavy (non-hydrogen) atoms. The SMILES string of the molecule is CC1=c2[nH]c(C)c(O)c2=C(C)C(O)C1O. The van der Waals surface area contributed by atoms with Crippen LogP contribution in [0.2, 0.25) is 0 Å². The molecule has 1 heterocycles. The minimum absolute atomic E-state index is 0.160. The van der Waals surface area contributed by atoms with Crippen LogP contribution in [0.25, 0.3) is 11.1 Å². The molecule has 1 aliphatic rings. The summed E-state index contributed by atoms with van der Waals surface area (Å²) in [7, 11) is 0. The molecule has 0 fully saturated rings. The number of fused-ring (bicyclic) bond motifs is 1. The van der Waals surface area contributed by atoms with Gasteiger partial charge in [0.25, 0.3) is 0 Å². The van der Waals surface area contributed by atoms with Crippen molar-refractivity contribution in [1.82, 2.24) is 4.98 Å². The topological polar surface area (TPSA) is 76.5 Å². The Morgan fingerprint density at radius 2 is 1.53 bits per heavy atom. The number of aliphatic hydroxyl groups is 2. The Balaban J connectivity index is 2.98. The van der Waals surface area contributed by atoms with Gasteiger partial charge in [-0.15, -0.1) is 0 Å². The molecule has 4 N–H and O–H groups in total. The molecule has 0 spiro atoms. The van der Waals surface area contributed by atoms with E-state index in [1.165, 1.54) is 0 Å². The maximum Gasteiger partial charge on any atom is 0.143 e. The molecule has 1 aliphatic carbocycles. The third-order valence-corrected chi connectivity index (χ3v) is 3.13. The van der Waals surface area contributed by atoms with Crippen molar-refractivity contribution >= 4 is 11.1 Å². The van der Waals surface area contributed by atoms with Crippen LogP contribution in [0, 0.1) is 6.92 Å². The molecule has 0 amide bonds. The summed E-state index contributed by atoms with van der Waals surface area (Å²) in [4.78, 5) is 3.02. The van der Waals surface area contributed by atoms with Crippen LogP contribution in [-0.4, -0.2) is 32.5 Å². The smallest absolute Gasteiger partial charge is 0.143 e. The van der Waals surface area contributed by atoms with Gasteiger partial charge in [0.1, 0.15) is 18.0 Å².